The van der Waals surface area contributed by atoms with E-state index < -0.39 is 0 Å². The fraction of sp³-hybridized carbons (Fsp3) is 0.235. The lowest BCUT2D eigenvalue weighted by Crippen LogP contribution is -2.33. The molecule has 2 aromatic rings. The predicted molar refractivity (Wildman–Crippen MR) is 89.9 cm³/mol. The molecule has 23 heavy (non-hydrogen) atoms. The molecule has 0 aromatic heterocycles. The Morgan fingerprint density at radius 2 is 1.83 bits per heavy atom. The van der Waals surface area contributed by atoms with Crippen molar-refractivity contribution in [3.05, 3.63) is 65.2 Å². The van der Waals surface area contributed by atoms with Crippen molar-refractivity contribution in [1.29, 1.82) is 0 Å². The Labute approximate surface area is 135 Å². The van der Waals surface area contributed by atoms with Gasteiger partial charge in [0.15, 0.2) is 0 Å². The van der Waals surface area contributed by atoms with E-state index in [4.69, 9.17) is 0 Å². The molecule has 0 atom stereocenters. The first-order valence-electron chi connectivity index (χ1n) is 7.67. The largest absolute Gasteiger partial charge is 0.326 e. The summed E-state index contributed by atoms with van der Waals surface area (Å²) in [4.78, 5) is 12.1. The minimum atomic E-state index is -0.0422. The number of hydrogen-bond acceptors (Lipinski definition) is 5. The second-order valence-corrected chi connectivity index (χ2v) is 5.63. The second kappa shape index (κ2) is 7.34. The van der Waals surface area contributed by atoms with Gasteiger partial charge in [0.25, 0.3) is 0 Å². The van der Waals surface area contributed by atoms with Gasteiger partial charge in [-0.05, 0) is 36.6 Å². The monoisotopic (exact) mass is 311 g/mol. The van der Waals surface area contributed by atoms with Crippen LogP contribution >= 0.6 is 0 Å². The Hall–Kier alpha value is -2.25. The summed E-state index contributed by atoms with van der Waals surface area (Å²) in [6.07, 6.45) is 1.17. The van der Waals surface area contributed by atoms with Crippen molar-refractivity contribution in [3.63, 3.8) is 0 Å². The van der Waals surface area contributed by atoms with E-state index in [1.807, 2.05) is 24.3 Å². The average Bonchev–Trinajstić information content (AvgIpc) is 3.09. The number of amides is 1. The highest BCUT2D eigenvalue weighted by molar-refractivity contribution is 5.90. The summed E-state index contributed by atoms with van der Waals surface area (Å²) in [7, 11) is 0. The molecule has 0 radical (unpaired) electrons. The zero-order chi connectivity index (χ0) is 16.1. The van der Waals surface area contributed by atoms with Gasteiger partial charge in [-0.3, -0.25) is 4.79 Å². The summed E-state index contributed by atoms with van der Waals surface area (Å²) in [6.45, 7) is 2.06. The molecule has 0 spiro atoms. The maximum Gasteiger partial charge on any atom is 0.224 e. The summed E-state index contributed by atoms with van der Waals surface area (Å²) >= 11 is 0. The van der Waals surface area contributed by atoms with Crippen LogP contribution in [0.2, 0.25) is 0 Å². The quantitative estimate of drug-likeness (QED) is 0.581. The highest BCUT2D eigenvalue weighted by atomic mass is 16.1. The van der Waals surface area contributed by atoms with Gasteiger partial charge in [0.1, 0.15) is 6.17 Å². The molecular formula is C17H21N5O. The van der Waals surface area contributed by atoms with Crippen molar-refractivity contribution in [2.75, 3.05) is 5.32 Å². The summed E-state index contributed by atoms with van der Waals surface area (Å²) in [6, 6.07) is 16.0. The average molecular weight is 311 g/mol. The lowest BCUT2D eigenvalue weighted by Gasteiger charge is -2.11. The van der Waals surface area contributed by atoms with Crippen LogP contribution in [-0.2, 0) is 11.2 Å². The number of carbonyl (C=O) groups excluding carboxylic acids is 1. The maximum atomic E-state index is 12.1. The van der Waals surface area contributed by atoms with Crippen LogP contribution in [0, 0.1) is 6.92 Å². The minimum absolute atomic E-state index is 0.0197. The molecule has 0 aliphatic carbocycles. The number of anilines is 1. The summed E-state index contributed by atoms with van der Waals surface area (Å²) in [5, 5.41) is 2.95. The van der Waals surface area contributed by atoms with E-state index in [9.17, 15) is 4.79 Å². The van der Waals surface area contributed by atoms with Crippen molar-refractivity contribution in [1.82, 2.24) is 21.9 Å². The summed E-state index contributed by atoms with van der Waals surface area (Å²) < 4.78 is 0. The maximum absolute atomic E-state index is 12.1. The van der Waals surface area contributed by atoms with Gasteiger partial charge in [-0.1, -0.05) is 42.0 Å². The van der Waals surface area contributed by atoms with Crippen LogP contribution in [0.3, 0.4) is 0 Å². The van der Waals surface area contributed by atoms with E-state index in [0.29, 0.717) is 6.42 Å². The van der Waals surface area contributed by atoms with Gasteiger partial charge in [0.05, 0.1) is 0 Å². The molecule has 0 unspecified atom stereocenters. The van der Waals surface area contributed by atoms with E-state index >= 15 is 0 Å². The minimum Gasteiger partial charge on any atom is -0.326 e. The van der Waals surface area contributed by atoms with Crippen LogP contribution in [0.4, 0.5) is 5.69 Å². The van der Waals surface area contributed by atoms with Crippen molar-refractivity contribution in [2.45, 2.75) is 25.9 Å². The number of carbonyl (C=O) groups is 1. The Balaban J connectivity index is 1.55. The van der Waals surface area contributed by atoms with Crippen molar-refractivity contribution in [3.8, 4) is 0 Å². The van der Waals surface area contributed by atoms with Gasteiger partial charge in [-0.25, -0.2) is 10.9 Å². The number of rotatable bonds is 5. The molecule has 120 valence electrons. The van der Waals surface area contributed by atoms with Crippen LogP contribution < -0.4 is 27.2 Å². The SMILES string of the molecule is Cc1ccc(CCC(=O)Nc2cccc(C3NNNN3)c2)cc1. The lowest BCUT2D eigenvalue weighted by atomic mass is 10.1. The van der Waals surface area contributed by atoms with Crippen LogP contribution in [0.5, 0.6) is 0 Å². The van der Waals surface area contributed by atoms with E-state index in [-0.39, 0.29) is 12.1 Å². The fourth-order valence-corrected chi connectivity index (χ4v) is 2.45. The molecule has 3 rings (SSSR count). The smallest absolute Gasteiger partial charge is 0.224 e. The molecule has 1 amide bonds. The first-order chi connectivity index (χ1) is 11.2. The molecule has 1 aliphatic rings. The lowest BCUT2D eigenvalue weighted by molar-refractivity contribution is -0.116. The number of aryl methyl sites for hydroxylation is 2. The van der Waals surface area contributed by atoms with E-state index in [1.54, 1.807) is 0 Å². The van der Waals surface area contributed by atoms with Crippen molar-refractivity contribution < 1.29 is 4.79 Å². The van der Waals surface area contributed by atoms with Gasteiger partial charge >= 0.3 is 0 Å². The van der Waals surface area contributed by atoms with Gasteiger partial charge in [-0.2, -0.15) is 11.1 Å². The molecule has 5 N–H and O–H groups in total. The Bertz CT molecular complexity index is 665. The number of hydrazine groups is 3. The third-order valence-corrected chi connectivity index (χ3v) is 3.76. The molecule has 1 fully saturated rings. The van der Waals surface area contributed by atoms with E-state index in [1.165, 1.54) is 11.1 Å². The van der Waals surface area contributed by atoms with Crippen LogP contribution in [0.1, 0.15) is 29.3 Å². The Kier molecular flexibility index (Phi) is 4.99. The van der Waals surface area contributed by atoms with Crippen LogP contribution in [-0.4, -0.2) is 5.91 Å². The first-order valence-corrected chi connectivity index (χ1v) is 7.67. The Morgan fingerprint density at radius 3 is 2.57 bits per heavy atom. The van der Waals surface area contributed by atoms with Gasteiger partial charge in [0.2, 0.25) is 5.91 Å². The standard InChI is InChI=1S/C17H21N5O/c1-12-5-7-13(8-6-12)9-10-16(23)18-15-4-2-3-14(11-15)17-19-21-22-20-17/h2-8,11,17,19-22H,9-10H2,1H3,(H,18,23). The third kappa shape index (κ3) is 4.37. The molecule has 0 bridgehead atoms. The van der Waals surface area contributed by atoms with Gasteiger partial charge in [0, 0.05) is 12.1 Å². The van der Waals surface area contributed by atoms with Gasteiger partial charge < -0.3 is 5.32 Å². The van der Waals surface area contributed by atoms with Gasteiger partial charge in [-0.15, -0.1) is 0 Å². The molecule has 1 heterocycles. The Morgan fingerprint density at radius 1 is 1.09 bits per heavy atom. The van der Waals surface area contributed by atoms with Crippen molar-refractivity contribution in [2.24, 2.45) is 0 Å². The predicted octanol–water partition coefficient (Wildman–Crippen LogP) is 1.68. The van der Waals surface area contributed by atoms with E-state index in [2.05, 4.69) is 58.4 Å². The van der Waals surface area contributed by atoms with Crippen LogP contribution in [0.15, 0.2) is 48.5 Å². The first kappa shape index (κ1) is 15.6. The second-order valence-electron chi connectivity index (χ2n) is 5.63. The molecule has 1 saturated heterocycles. The highest BCUT2D eigenvalue weighted by Gasteiger charge is 2.15. The molecule has 6 nitrogen and oxygen atoms in total. The topological polar surface area (TPSA) is 77.2 Å². The molecule has 6 heteroatoms. The molecule has 0 saturated carbocycles. The zero-order valence-corrected chi connectivity index (χ0v) is 13.0. The molecule has 2 aromatic carbocycles. The van der Waals surface area contributed by atoms with E-state index in [0.717, 1.165) is 17.7 Å². The van der Waals surface area contributed by atoms with Crippen LogP contribution in [0.25, 0.3) is 0 Å². The highest BCUT2D eigenvalue weighted by Crippen LogP contribution is 2.16. The third-order valence-electron chi connectivity index (χ3n) is 3.76. The normalized spacial score (nSPS) is 14.8. The summed E-state index contributed by atoms with van der Waals surface area (Å²) in [5.74, 6) is 0.0197. The number of hydrogen-bond donors (Lipinski definition) is 5. The zero-order valence-electron chi connectivity index (χ0n) is 13.0. The number of nitrogens with one attached hydrogen (secondary N) is 5. The molecule has 1 aliphatic heterocycles. The number of benzene rings is 2. The van der Waals surface area contributed by atoms with Crippen molar-refractivity contribution >= 4 is 11.6 Å². The summed E-state index contributed by atoms with van der Waals surface area (Å²) in [5.41, 5.74) is 15.8. The fourth-order valence-electron chi connectivity index (χ4n) is 2.45. The molecular weight excluding hydrogens is 290 g/mol.